The summed E-state index contributed by atoms with van der Waals surface area (Å²) in [6, 6.07) is 13.1. The highest BCUT2D eigenvalue weighted by atomic mass is 32.1. The summed E-state index contributed by atoms with van der Waals surface area (Å²) in [5, 5.41) is 45.6. The van der Waals surface area contributed by atoms with Crippen molar-refractivity contribution in [2.24, 2.45) is 0 Å². The Labute approximate surface area is 208 Å². The van der Waals surface area contributed by atoms with Crippen LogP contribution in [0.5, 0.6) is 23.0 Å². The molecule has 0 aliphatic heterocycles. The molecule has 35 heavy (non-hydrogen) atoms. The minimum Gasteiger partial charge on any atom is -0.504 e. The van der Waals surface area contributed by atoms with Gasteiger partial charge in [0, 0.05) is 37.5 Å². The van der Waals surface area contributed by atoms with Gasteiger partial charge < -0.3 is 25.7 Å². The molecule has 178 valence electrons. The molecule has 0 aliphatic carbocycles. The number of hydrogen-bond donors (Lipinski definition) is 5. The summed E-state index contributed by atoms with van der Waals surface area (Å²) >= 11 is 1.68. The SMILES string of the molecule is C=CC(=C(C)C)c1sc2cc(Nc3cccc(-c4c(O)c(O)c(C)c(O)c4O)c3)ccc2c1C=C. The molecule has 0 bridgehead atoms. The van der Waals surface area contributed by atoms with Gasteiger partial charge in [0.15, 0.2) is 23.0 Å². The molecule has 1 aromatic heterocycles. The molecule has 0 radical (unpaired) electrons. The van der Waals surface area contributed by atoms with Crippen molar-refractivity contribution >= 4 is 44.4 Å². The second-order valence-corrected chi connectivity index (χ2v) is 9.53. The Morgan fingerprint density at radius 2 is 1.54 bits per heavy atom. The molecule has 0 aliphatic rings. The zero-order valence-electron chi connectivity index (χ0n) is 19.8. The average Bonchev–Trinajstić information content (AvgIpc) is 3.19. The maximum absolute atomic E-state index is 10.4. The average molecular weight is 486 g/mol. The first-order valence-electron chi connectivity index (χ1n) is 11.0. The molecule has 4 aromatic rings. The quantitative estimate of drug-likeness (QED) is 0.108. The second-order valence-electron chi connectivity index (χ2n) is 8.48. The normalized spacial score (nSPS) is 10.8. The van der Waals surface area contributed by atoms with E-state index in [1.54, 1.807) is 29.5 Å². The third-order valence-corrected chi connectivity index (χ3v) is 7.19. The molecule has 1 heterocycles. The summed E-state index contributed by atoms with van der Waals surface area (Å²) in [5.74, 6) is -1.92. The van der Waals surface area contributed by atoms with Crippen LogP contribution in [-0.4, -0.2) is 20.4 Å². The number of nitrogens with one attached hydrogen (secondary N) is 1. The van der Waals surface area contributed by atoms with Crippen LogP contribution < -0.4 is 5.32 Å². The summed E-state index contributed by atoms with van der Waals surface area (Å²) in [6.07, 6.45) is 3.76. The van der Waals surface area contributed by atoms with Crippen molar-refractivity contribution in [1.82, 2.24) is 0 Å². The lowest BCUT2D eigenvalue weighted by Crippen LogP contribution is -1.91. The van der Waals surface area contributed by atoms with Crippen molar-refractivity contribution in [3.63, 3.8) is 0 Å². The van der Waals surface area contributed by atoms with Crippen molar-refractivity contribution < 1.29 is 20.4 Å². The lowest BCUT2D eigenvalue weighted by molar-refractivity contribution is 0.371. The number of thiophene rings is 1. The molecular formula is C29H27NO4S. The summed E-state index contributed by atoms with van der Waals surface area (Å²) in [5.41, 5.74) is 5.34. The van der Waals surface area contributed by atoms with Gasteiger partial charge in [-0.05, 0) is 56.2 Å². The van der Waals surface area contributed by atoms with Gasteiger partial charge in [-0.25, -0.2) is 0 Å². The van der Waals surface area contributed by atoms with E-state index in [2.05, 4.69) is 44.5 Å². The molecule has 0 atom stereocenters. The van der Waals surface area contributed by atoms with E-state index in [9.17, 15) is 20.4 Å². The van der Waals surface area contributed by atoms with E-state index in [1.165, 1.54) is 12.5 Å². The summed E-state index contributed by atoms with van der Waals surface area (Å²) in [6.45, 7) is 13.5. The summed E-state index contributed by atoms with van der Waals surface area (Å²) in [7, 11) is 0. The van der Waals surface area contributed by atoms with Gasteiger partial charge in [-0.2, -0.15) is 0 Å². The smallest absolute Gasteiger partial charge is 0.169 e. The van der Waals surface area contributed by atoms with Crippen LogP contribution in [0.3, 0.4) is 0 Å². The molecule has 0 saturated carbocycles. The number of fused-ring (bicyclic) bond motifs is 1. The zero-order chi connectivity index (χ0) is 25.4. The van der Waals surface area contributed by atoms with Crippen molar-refractivity contribution in [2.45, 2.75) is 20.8 Å². The fourth-order valence-corrected chi connectivity index (χ4v) is 5.52. The van der Waals surface area contributed by atoms with Crippen LogP contribution >= 0.6 is 11.3 Å². The summed E-state index contributed by atoms with van der Waals surface area (Å²) < 4.78 is 1.10. The van der Waals surface area contributed by atoms with E-state index in [-0.39, 0.29) is 11.1 Å². The molecule has 0 fully saturated rings. The Morgan fingerprint density at radius 3 is 2.14 bits per heavy atom. The molecular weight excluding hydrogens is 458 g/mol. The number of rotatable bonds is 6. The first kappa shape index (κ1) is 24.0. The fourth-order valence-electron chi connectivity index (χ4n) is 4.13. The Bertz CT molecular complexity index is 1490. The van der Waals surface area contributed by atoms with Gasteiger partial charge in [0.2, 0.25) is 0 Å². The molecule has 0 unspecified atom stereocenters. The highest BCUT2D eigenvalue weighted by Crippen LogP contribution is 2.51. The van der Waals surface area contributed by atoms with Gasteiger partial charge in [0.05, 0.1) is 5.56 Å². The van der Waals surface area contributed by atoms with Gasteiger partial charge in [0.25, 0.3) is 0 Å². The van der Waals surface area contributed by atoms with Crippen LogP contribution in [0.1, 0.15) is 29.9 Å². The highest BCUT2D eigenvalue weighted by Gasteiger charge is 2.22. The zero-order valence-corrected chi connectivity index (χ0v) is 20.6. The van der Waals surface area contributed by atoms with Crippen molar-refractivity contribution in [3.8, 4) is 34.1 Å². The van der Waals surface area contributed by atoms with Crippen molar-refractivity contribution in [1.29, 1.82) is 0 Å². The van der Waals surface area contributed by atoms with E-state index in [1.807, 2.05) is 24.3 Å². The van der Waals surface area contributed by atoms with Gasteiger partial charge in [0.1, 0.15) is 0 Å². The van der Waals surface area contributed by atoms with E-state index < -0.39 is 23.0 Å². The molecule has 0 spiro atoms. The topological polar surface area (TPSA) is 93.0 Å². The molecule has 4 rings (SSSR count). The fraction of sp³-hybridized carbons (Fsp3) is 0.103. The van der Waals surface area contributed by atoms with Crippen LogP contribution in [-0.2, 0) is 0 Å². The largest absolute Gasteiger partial charge is 0.504 e. The van der Waals surface area contributed by atoms with Crippen LogP contribution in [0.4, 0.5) is 11.4 Å². The van der Waals surface area contributed by atoms with E-state index in [0.29, 0.717) is 11.3 Å². The van der Waals surface area contributed by atoms with Crippen molar-refractivity contribution in [3.05, 3.63) is 83.3 Å². The number of aromatic hydroxyl groups is 4. The number of allylic oxidation sites excluding steroid dienone is 3. The Morgan fingerprint density at radius 1 is 0.886 bits per heavy atom. The Balaban J connectivity index is 1.75. The number of benzene rings is 3. The molecule has 6 heteroatoms. The van der Waals surface area contributed by atoms with E-state index >= 15 is 0 Å². The molecule has 0 saturated heterocycles. The van der Waals surface area contributed by atoms with Crippen LogP contribution in [0, 0.1) is 6.92 Å². The van der Waals surface area contributed by atoms with Crippen LogP contribution in [0.15, 0.2) is 67.3 Å². The monoisotopic (exact) mass is 485 g/mol. The predicted molar refractivity (Wildman–Crippen MR) is 147 cm³/mol. The van der Waals surface area contributed by atoms with E-state index in [0.717, 1.165) is 31.8 Å². The maximum atomic E-state index is 10.4. The number of phenols is 4. The van der Waals surface area contributed by atoms with Crippen molar-refractivity contribution in [2.75, 3.05) is 5.32 Å². The minimum atomic E-state index is -0.489. The first-order chi connectivity index (χ1) is 16.7. The number of phenolic OH excluding ortho intramolecular Hbond substituents is 4. The lowest BCUT2D eigenvalue weighted by atomic mass is 9.99. The minimum absolute atomic E-state index is 0.00765. The third kappa shape index (κ3) is 4.13. The Kier molecular flexibility index (Phi) is 6.33. The number of hydrogen-bond acceptors (Lipinski definition) is 6. The van der Waals surface area contributed by atoms with Gasteiger partial charge >= 0.3 is 0 Å². The standard InChI is InChI=1S/C29H27NO4S/c1-6-20(15(3)4)29-21(7-2)22-12-11-19(14-23(22)35-29)30-18-10-8-9-17(13-18)24-27(33)25(31)16(5)26(32)28(24)34/h6-14,30-34H,1-2H2,3-5H3. The molecule has 3 aromatic carbocycles. The van der Waals surface area contributed by atoms with E-state index in [4.69, 9.17) is 0 Å². The third-order valence-electron chi connectivity index (χ3n) is 5.99. The first-order valence-corrected chi connectivity index (χ1v) is 11.8. The van der Waals surface area contributed by atoms with Gasteiger partial charge in [-0.1, -0.05) is 49.1 Å². The highest BCUT2D eigenvalue weighted by molar-refractivity contribution is 7.20. The number of anilines is 2. The molecule has 5 N–H and O–H groups in total. The molecule has 0 amide bonds. The van der Waals surface area contributed by atoms with Gasteiger partial charge in [-0.3, -0.25) is 0 Å². The lowest BCUT2D eigenvalue weighted by Gasteiger charge is -2.15. The predicted octanol–water partition coefficient (Wildman–Crippen LogP) is 8.07. The molecule has 5 nitrogen and oxygen atoms in total. The second kappa shape index (κ2) is 9.24. The van der Waals surface area contributed by atoms with Gasteiger partial charge in [-0.15, -0.1) is 11.3 Å². The maximum Gasteiger partial charge on any atom is 0.169 e. The summed E-state index contributed by atoms with van der Waals surface area (Å²) in [4.78, 5) is 1.13. The Hall–Kier alpha value is -4.16. The van der Waals surface area contributed by atoms with Crippen LogP contribution in [0.25, 0.3) is 32.9 Å². The van der Waals surface area contributed by atoms with Crippen LogP contribution in [0.2, 0.25) is 0 Å².